The van der Waals surface area contributed by atoms with E-state index in [1.807, 2.05) is 39.0 Å². The Morgan fingerprint density at radius 3 is 2.56 bits per heavy atom. The van der Waals surface area contributed by atoms with E-state index in [9.17, 15) is 4.79 Å². The van der Waals surface area contributed by atoms with Crippen molar-refractivity contribution in [1.82, 2.24) is 4.90 Å². The number of nitrogens with two attached hydrogens (primary N) is 1. The largest absolute Gasteiger partial charge is 0.444 e. The molecule has 0 unspecified atom stereocenters. The van der Waals surface area contributed by atoms with Crippen molar-refractivity contribution in [2.75, 3.05) is 12.8 Å². The van der Waals surface area contributed by atoms with Gasteiger partial charge in [-0.25, -0.2) is 4.79 Å². The van der Waals surface area contributed by atoms with Crippen LogP contribution in [0.25, 0.3) is 0 Å². The van der Waals surface area contributed by atoms with Crippen molar-refractivity contribution in [3.05, 3.63) is 27.3 Å². The number of hydrogen-bond acceptors (Lipinski definition) is 3. The standard InChI is InChI=1S/C13H19IN2O2/c1-13(2,3)18-12(17)16(4)8-9-5-6-10(15)7-11(9)14/h5-7H,8,15H2,1-4H3. The zero-order chi connectivity index (χ0) is 13.9. The van der Waals surface area contributed by atoms with Gasteiger partial charge < -0.3 is 15.4 Å². The molecule has 0 fully saturated rings. The molecule has 1 aromatic carbocycles. The number of hydrogen-bond donors (Lipinski definition) is 1. The van der Waals surface area contributed by atoms with E-state index < -0.39 is 5.60 Å². The maximum Gasteiger partial charge on any atom is 0.410 e. The van der Waals surface area contributed by atoms with Crippen molar-refractivity contribution in [1.29, 1.82) is 0 Å². The summed E-state index contributed by atoms with van der Waals surface area (Å²) in [6, 6.07) is 5.65. The van der Waals surface area contributed by atoms with Crippen LogP contribution in [0.4, 0.5) is 10.5 Å². The summed E-state index contributed by atoms with van der Waals surface area (Å²) in [6.45, 7) is 6.07. The van der Waals surface area contributed by atoms with E-state index in [4.69, 9.17) is 10.5 Å². The van der Waals surface area contributed by atoms with Crippen LogP contribution in [0.2, 0.25) is 0 Å². The SMILES string of the molecule is CN(Cc1ccc(N)cc1I)C(=O)OC(C)(C)C. The van der Waals surface area contributed by atoms with Crippen LogP contribution >= 0.6 is 22.6 Å². The summed E-state index contributed by atoms with van der Waals surface area (Å²) in [5.74, 6) is 0. The fourth-order valence-corrected chi connectivity index (χ4v) is 2.06. The Balaban J connectivity index is 2.69. The molecule has 18 heavy (non-hydrogen) atoms. The minimum Gasteiger partial charge on any atom is -0.444 e. The van der Waals surface area contributed by atoms with Crippen molar-refractivity contribution in [2.45, 2.75) is 32.9 Å². The molecule has 0 spiro atoms. The molecule has 5 heteroatoms. The molecule has 1 aromatic rings. The second-order valence-corrected chi connectivity index (χ2v) is 6.35. The fourth-order valence-electron chi connectivity index (χ4n) is 1.35. The van der Waals surface area contributed by atoms with Crippen LogP contribution in [0.15, 0.2) is 18.2 Å². The van der Waals surface area contributed by atoms with Crippen LogP contribution in [-0.2, 0) is 11.3 Å². The van der Waals surface area contributed by atoms with Gasteiger partial charge in [0.25, 0.3) is 0 Å². The average Bonchev–Trinajstić information content (AvgIpc) is 2.19. The highest BCUT2D eigenvalue weighted by Gasteiger charge is 2.20. The van der Waals surface area contributed by atoms with Gasteiger partial charge in [0.1, 0.15) is 5.60 Å². The van der Waals surface area contributed by atoms with E-state index in [0.717, 1.165) is 14.8 Å². The zero-order valence-corrected chi connectivity index (χ0v) is 13.3. The summed E-state index contributed by atoms with van der Waals surface area (Å²) in [5, 5.41) is 0. The van der Waals surface area contributed by atoms with E-state index >= 15 is 0 Å². The van der Waals surface area contributed by atoms with Crippen LogP contribution in [0.1, 0.15) is 26.3 Å². The summed E-state index contributed by atoms with van der Waals surface area (Å²) in [6.07, 6.45) is -0.324. The van der Waals surface area contributed by atoms with Gasteiger partial charge in [0.05, 0.1) is 0 Å². The minimum atomic E-state index is -0.473. The number of nitrogens with zero attached hydrogens (tertiary/aromatic N) is 1. The average molecular weight is 362 g/mol. The van der Waals surface area contributed by atoms with E-state index in [1.54, 1.807) is 11.9 Å². The number of rotatable bonds is 2. The Hall–Kier alpha value is -0.980. The first kappa shape index (κ1) is 15.1. The summed E-state index contributed by atoms with van der Waals surface area (Å²) in [4.78, 5) is 13.4. The molecule has 0 heterocycles. The number of carbonyl (C=O) groups is 1. The summed E-state index contributed by atoms with van der Waals surface area (Å²) in [7, 11) is 1.72. The van der Waals surface area contributed by atoms with Crippen molar-refractivity contribution in [3.63, 3.8) is 0 Å². The van der Waals surface area contributed by atoms with E-state index in [2.05, 4.69) is 22.6 Å². The van der Waals surface area contributed by atoms with Crippen LogP contribution < -0.4 is 5.73 Å². The molecule has 0 saturated carbocycles. The third-order valence-corrected chi connectivity index (χ3v) is 3.19. The predicted molar refractivity (Wildman–Crippen MR) is 81.3 cm³/mol. The summed E-state index contributed by atoms with van der Waals surface area (Å²) < 4.78 is 6.34. The zero-order valence-electron chi connectivity index (χ0n) is 11.2. The molecular formula is C13H19IN2O2. The Labute approximate surface area is 122 Å². The van der Waals surface area contributed by atoms with Gasteiger partial charge in [-0.15, -0.1) is 0 Å². The van der Waals surface area contributed by atoms with Crippen LogP contribution in [0.3, 0.4) is 0 Å². The van der Waals surface area contributed by atoms with E-state index in [1.165, 1.54) is 0 Å². The second kappa shape index (κ2) is 5.77. The Kier molecular flexibility index (Phi) is 4.84. The lowest BCUT2D eigenvalue weighted by Crippen LogP contribution is -2.33. The molecule has 1 amide bonds. The van der Waals surface area contributed by atoms with Gasteiger partial charge in [-0.05, 0) is 61.1 Å². The second-order valence-electron chi connectivity index (χ2n) is 5.19. The van der Waals surface area contributed by atoms with Gasteiger partial charge in [-0.3, -0.25) is 0 Å². The number of anilines is 1. The summed E-state index contributed by atoms with van der Waals surface area (Å²) in [5.41, 5.74) is 7.00. The molecule has 0 atom stereocenters. The first-order valence-corrected chi connectivity index (χ1v) is 6.75. The van der Waals surface area contributed by atoms with Crippen molar-refractivity contribution in [3.8, 4) is 0 Å². The number of nitrogen functional groups attached to an aromatic ring is 1. The molecule has 0 radical (unpaired) electrons. The summed E-state index contributed by atoms with van der Waals surface area (Å²) >= 11 is 2.21. The van der Waals surface area contributed by atoms with E-state index in [-0.39, 0.29) is 6.09 Å². The molecule has 1 rings (SSSR count). The Morgan fingerprint density at radius 1 is 1.44 bits per heavy atom. The molecule has 0 aliphatic heterocycles. The van der Waals surface area contributed by atoms with Crippen LogP contribution in [-0.4, -0.2) is 23.6 Å². The highest BCUT2D eigenvalue weighted by Crippen LogP contribution is 2.18. The molecule has 0 aliphatic carbocycles. The number of carbonyl (C=O) groups excluding carboxylic acids is 1. The molecule has 0 aromatic heterocycles. The fraction of sp³-hybridized carbons (Fsp3) is 0.462. The third kappa shape index (κ3) is 4.72. The monoisotopic (exact) mass is 362 g/mol. The van der Waals surface area contributed by atoms with Crippen LogP contribution in [0.5, 0.6) is 0 Å². The highest BCUT2D eigenvalue weighted by atomic mass is 127. The lowest BCUT2D eigenvalue weighted by Gasteiger charge is -2.25. The van der Waals surface area contributed by atoms with E-state index in [0.29, 0.717) is 6.54 Å². The molecule has 2 N–H and O–H groups in total. The lowest BCUT2D eigenvalue weighted by molar-refractivity contribution is 0.0285. The molecule has 0 aliphatic rings. The highest BCUT2D eigenvalue weighted by molar-refractivity contribution is 14.1. The maximum atomic E-state index is 11.8. The number of benzene rings is 1. The topological polar surface area (TPSA) is 55.6 Å². The molecular weight excluding hydrogens is 343 g/mol. The first-order valence-electron chi connectivity index (χ1n) is 5.67. The van der Waals surface area contributed by atoms with Gasteiger partial charge in [0.15, 0.2) is 0 Å². The number of amides is 1. The smallest absolute Gasteiger partial charge is 0.410 e. The Bertz CT molecular complexity index is 441. The molecule has 0 saturated heterocycles. The van der Waals surface area contributed by atoms with Gasteiger partial charge in [-0.1, -0.05) is 6.07 Å². The normalized spacial score (nSPS) is 11.2. The molecule has 0 bridgehead atoms. The maximum absolute atomic E-state index is 11.8. The lowest BCUT2D eigenvalue weighted by atomic mass is 10.2. The van der Waals surface area contributed by atoms with Gasteiger partial charge in [0.2, 0.25) is 0 Å². The predicted octanol–water partition coefficient (Wildman–Crippen LogP) is 3.24. The van der Waals surface area contributed by atoms with Crippen molar-refractivity contribution in [2.24, 2.45) is 0 Å². The van der Waals surface area contributed by atoms with Crippen molar-refractivity contribution < 1.29 is 9.53 Å². The van der Waals surface area contributed by atoms with Gasteiger partial charge in [0, 0.05) is 22.8 Å². The number of ether oxygens (including phenoxy) is 1. The van der Waals surface area contributed by atoms with Gasteiger partial charge >= 0.3 is 6.09 Å². The first-order chi connectivity index (χ1) is 8.19. The Morgan fingerprint density at radius 2 is 2.06 bits per heavy atom. The molecule has 4 nitrogen and oxygen atoms in total. The van der Waals surface area contributed by atoms with Crippen molar-refractivity contribution >= 4 is 34.4 Å². The molecule has 100 valence electrons. The third-order valence-electron chi connectivity index (χ3n) is 2.19. The minimum absolute atomic E-state index is 0.324. The van der Waals surface area contributed by atoms with Crippen LogP contribution in [0, 0.1) is 3.57 Å². The number of halogens is 1. The van der Waals surface area contributed by atoms with Gasteiger partial charge in [-0.2, -0.15) is 0 Å². The quantitative estimate of drug-likeness (QED) is 0.649.